The van der Waals surface area contributed by atoms with Crippen molar-refractivity contribution in [2.75, 3.05) is 32.8 Å². The molecular formula is C22H23F3N4O6. The van der Waals surface area contributed by atoms with Crippen molar-refractivity contribution in [3.05, 3.63) is 42.1 Å². The highest BCUT2D eigenvalue weighted by Crippen LogP contribution is 2.27. The van der Waals surface area contributed by atoms with Gasteiger partial charge in [0.15, 0.2) is 0 Å². The average molecular weight is 496 g/mol. The van der Waals surface area contributed by atoms with Gasteiger partial charge in [0.1, 0.15) is 11.6 Å². The largest absolute Gasteiger partial charge is 0.496 e. The number of carbonyl (C=O) groups excluding carboxylic acids is 1. The predicted molar refractivity (Wildman–Crippen MR) is 118 cm³/mol. The van der Waals surface area contributed by atoms with Crippen molar-refractivity contribution in [2.24, 2.45) is 5.92 Å². The number of rotatable bonds is 6. The number of halogens is 3. The van der Waals surface area contributed by atoms with Crippen LogP contribution in [0, 0.1) is 5.92 Å². The number of pyridine rings is 1. The molecule has 1 atom stereocenters. The molecule has 3 aromatic rings. The number of hydrogen-bond acceptors (Lipinski definition) is 7. The van der Waals surface area contributed by atoms with Gasteiger partial charge >= 0.3 is 12.1 Å². The van der Waals surface area contributed by atoms with E-state index in [1.54, 1.807) is 30.3 Å². The summed E-state index contributed by atoms with van der Waals surface area (Å²) in [5.74, 6) is -1.30. The van der Waals surface area contributed by atoms with Crippen molar-refractivity contribution in [3.63, 3.8) is 0 Å². The number of nitrogens with zero attached hydrogens (tertiary/aromatic N) is 3. The molecule has 188 valence electrons. The summed E-state index contributed by atoms with van der Waals surface area (Å²) in [5, 5.41) is 15.4. The lowest BCUT2D eigenvalue weighted by Crippen LogP contribution is -2.21. The van der Waals surface area contributed by atoms with Gasteiger partial charge < -0.3 is 24.6 Å². The summed E-state index contributed by atoms with van der Waals surface area (Å²) in [6.07, 6.45) is -2.09. The first-order valence-corrected chi connectivity index (χ1v) is 10.4. The zero-order valence-corrected chi connectivity index (χ0v) is 18.8. The molecule has 10 nitrogen and oxygen atoms in total. The molecule has 3 heterocycles. The molecule has 1 fully saturated rings. The Balaban J connectivity index is 0.000000429. The SMILES string of the molecule is COc1cccc(NC(=O)c2cc3cn(CC4CCOC4)nc3cc2OC)n1.O=C(O)C(F)(F)F. The number of methoxy groups -OCH3 is 2. The molecule has 4 rings (SSSR count). The third-order valence-electron chi connectivity index (χ3n) is 5.00. The molecule has 2 N–H and O–H groups in total. The lowest BCUT2D eigenvalue weighted by atomic mass is 10.1. The molecule has 2 aromatic heterocycles. The minimum Gasteiger partial charge on any atom is -0.496 e. The standard InChI is InChI=1S/C20H22N4O4.C2HF3O2/c1-26-17-9-16-14(11-24(23-16)10-13-6-7-28-12-13)8-15(17)20(25)22-18-4-3-5-19(21-18)27-2;3-2(4,5)1(6)7/h3-5,8-9,11,13H,6-7,10,12H2,1-2H3,(H,21,22,25);(H,6,7). The van der Waals surface area contributed by atoms with Crippen LogP contribution in [0.15, 0.2) is 36.5 Å². The molecule has 13 heteroatoms. The number of anilines is 1. The Labute approximate surface area is 197 Å². The Hall–Kier alpha value is -3.87. The van der Waals surface area contributed by atoms with Crippen LogP contribution in [0.5, 0.6) is 11.6 Å². The van der Waals surface area contributed by atoms with Crippen molar-refractivity contribution in [2.45, 2.75) is 19.1 Å². The van der Waals surface area contributed by atoms with E-state index in [-0.39, 0.29) is 5.91 Å². The molecule has 1 unspecified atom stereocenters. The second-order valence-electron chi connectivity index (χ2n) is 7.51. The van der Waals surface area contributed by atoms with E-state index >= 15 is 0 Å². The first-order valence-electron chi connectivity index (χ1n) is 10.4. The van der Waals surface area contributed by atoms with Gasteiger partial charge in [0.2, 0.25) is 5.88 Å². The number of ether oxygens (including phenoxy) is 3. The van der Waals surface area contributed by atoms with Gasteiger partial charge in [-0.25, -0.2) is 4.79 Å². The van der Waals surface area contributed by atoms with E-state index in [2.05, 4.69) is 15.4 Å². The topological polar surface area (TPSA) is 125 Å². The van der Waals surface area contributed by atoms with Crippen LogP contribution in [0.4, 0.5) is 19.0 Å². The number of benzene rings is 1. The number of alkyl halides is 3. The van der Waals surface area contributed by atoms with Gasteiger partial charge in [-0.15, -0.1) is 0 Å². The van der Waals surface area contributed by atoms with Gasteiger partial charge in [-0.3, -0.25) is 9.48 Å². The van der Waals surface area contributed by atoms with Crippen LogP contribution in [0.3, 0.4) is 0 Å². The number of carboxylic acids is 1. The summed E-state index contributed by atoms with van der Waals surface area (Å²) in [6, 6.07) is 8.75. The van der Waals surface area contributed by atoms with Crippen molar-refractivity contribution in [1.82, 2.24) is 14.8 Å². The van der Waals surface area contributed by atoms with Crippen LogP contribution in [0.25, 0.3) is 10.9 Å². The molecule has 0 spiro atoms. The van der Waals surface area contributed by atoms with Gasteiger partial charge in [0.05, 0.1) is 31.9 Å². The van der Waals surface area contributed by atoms with Crippen molar-refractivity contribution < 1.29 is 42.1 Å². The normalized spacial score (nSPS) is 15.3. The smallest absolute Gasteiger partial charge is 0.490 e. The Kier molecular flexibility index (Phi) is 8.12. The number of amides is 1. The molecule has 1 aliphatic heterocycles. The molecule has 1 aliphatic rings. The van der Waals surface area contributed by atoms with Crippen LogP contribution >= 0.6 is 0 Å². The van der Waals surface area contributed by atoms with Crippen LogP contribution < -0.4 is 14.8 Å². The Morgan fingerprint density at radius 3 is 2.60 bits per heavy atom. The molecule has 0 bridgehead atoms. The van der Waals surface area contributed by atoms with Gasteiger partial charge in [0.25, 0.3) is 5.91 Å². The average Bonchev–Trinajstić information content (AvgIpc) is 3.47. The molecule has 1 amide bonds. The fourth-order valence-electron chi connectivity index (χ4n) is 3.32. The predicted octanol–water partition coefficient (Wildman–Crippen LogP) is 3.37. The first-order chi connectivity index (χ1) is 16.6. The van der Waals surface area contributed by atoms with E-state index in [9.17, 15) is 18.0 Å². The van der Waals surface area contributed by atoms with Crippen LogP contribution in [0.1, 0.15) is 16.8 Å². The number of nitrogens with one attached hydrogen (secondary N) is 1. The zero-order valence-electron chi connectivity index (χ0n) is 18.8. The second kappa shape index (κ2) is 11.0. The summed E-state index contributed by atoms with van der Waals surface area (Å²) in [4.78, 5) is 25.9. The van der Waals surface area contributed by atoms with Crippen molar-refractivity contribution in [1.29, 1.82) is 0 Å². The molecule has 0 radical (unpaired) electrons. The fraction of sp³-hybridized carbons (Fsp3) is 0.364. The van der Waals surface area contributed by atoms with Crippen LogP contribution in [0.2, 0.25) is 0 Å². The van der Waals surface area contributed by atoms with Crippen LogP contribution in [-0.2, 0) is 16.1 Å². The Morgan fingerprint density at radius 1 is 1.26 bits per heavy atom. The highest BCUT2D eigenvalue weighted by atomic mass is 19.4. The van der Waals surface area contributed by atoms with Gasteiger partial charge in [-0.1, -0.05) is 6.07 Å². The summed E-state index contributed by atoms with van der Waals surface area (Å²) >= 11 is 0. The minimum absolute atomic E-state index is 0.309. The number of fused-ring (bicyclic) bond motifs is 1. The Bertz CT molecular complexity index is 1190. The number of carbonyl (C=O) groups is 2. The zero-order chi connectivity index (χ0) is 25.6. The molecule has 35 heavy (non-hydrogen) atoms. The highest BCUT2D eigenvalue weighted by Gasteiger charge is 2.38. The molecule has 1 saturated heterocycles. The third kappa shape index (κ3) is 6.82. The highest BCUT2D eigenvalue weighted by molar-refractivity contribution is 6.08. The number of aliphatic carboxylic acids is 1. The maximum absolute atomic E-state index is 12.8. The van der Waals surface area contributed by atoms with E-state index in [0.717, 1.165) is 37.1 Å². The lowest BCUT2D eigenvalue weighted by Gasteiger charge is -2.09. The molecule has 0 aliphatic carbocycles. The van der Waals surface area contributed by atoms with Crippen molar-refractivity contribution >= 4 is 28.6 Å². The third-order valence-corrected chi connectivity index (χ3v) is 5.00. The first kappa shape index (κ1) is 25.7. The summed E-state index contributed by atoms with van der Waals surface area (Å²) in [7, 11) is 3.06. The van der Waals surface area contributed by atoms with E-state index in [1.807, 2.05) is 10.9 Å². The fourth-order valence-corrected chi connectivity index (χ4v) is 3.32. The quantitative estimate of drug-likeness (QED) is 0.532. The van der Waals surface area contributed by atoms with E-state index in [4.69, 9.17) is 24.1 Å². The van der Waals surface area contributed by atoms with Gasteiger partial charge in [-0.2, -0.15) is 23.3 Å². The van der Waals surface area contributed by atoms with Gasteiger partial charge in [-0.05, 0) is 18.6 Å². The molecule has 1 aromatic carbocycles. The van der Waals surface area contributed by atoms with E-state index < -0.39 is 12.1 Å². The maximum Gasteiger partial charge on any atom is 0.490 e. The van der Waals surface area contributed by atoms with Crippen molar-refractivity contribution in [3.8, 4) is 11.6 Å². The van der Waals surface area contributed by atoms with E-state index in [1.165, 1.54) is 14.2 Å². The monoisotopic (exact) mass is 496 g/mol. The summed E-state index contributed by atoms with van der Waals surface area (Å²) in [6.45, 7) is 2.37. The maximum atomic E-state index is 12.8. The Morgan fingerprint density at radius 2 is 2.00 bits per heavy atom. The molecule has 0 saturated carbocycles. The number of aromatic nitrogens is 3. The van der Waals surface area contributed by atoms with E-state index in [0.29, 0.717) is 28.9 Å². The second-order valence-corrected chi connectivity index (χ2v) is 7.51. The summed E-state index contributed by atoms with van der Waals surface area (Å²) < 4.78 is 49.6. The molecular weight excluding hydrogens is 473 g/mol. The summed E-state index contributed by atoms with van der Waals surface area (Å²) in [5.41, 5.74) is 1.20. The minimum atomic E-state index is -5.08. The number of hydrogen-bond donors (Lipinski definition) is 2. The van der Waals surface area contributed by atoms with Crippen LogP contribution in [-0.4, -0.2) is 65.4 Å². The van der Waals surface area contributed by atoms with Gasteiger partial charge in [0, 0.05) is 42.8 Å². The number of carboxylic acid groups (broad SMARTS) is 1. The lowest BCUT2D eigenvalue weighted by molar-refractivity contribution is -0.192.